The molecule has 88 valence electrons. The van der Waals surface area contributed by atoms with E-state index >= 15 is 0 Å². The Kier molecular flexibility index (Phi) is 7.52. The molecule has 6 heteroatoms. The van der Waals surface area contributed by atoms with Crippen molar-refractivity contribution < 1.29 is 22.5 Å². The van der Waals surface area contributed by atoms with Crippen LogP contribution >= 0.6 is 0 Å². The van der Waals surface area contributed by atoms with E-state index in [2.05, 4.69) is 10.8 Å². The summed E-state index contributed by atoms with van der Waals surface area (Å²) in [5.74, 6) is -0.335. The molecule has 0 aromatic heterocycles. The maximum Gasteiger partial charge on any atom is 0.417 e. The average Bonchev–Trinajstić information content (AvgIpc) is 2.18. The highest BCUT2D eigenvalue weighted by Crippen LogP contribution is 2.09. The summed E-state index contributed by atoms with van der Waals surface area (Å²) >= 11 is -1.79. The van der Waals surface area contributed by atoms with E-state index in [1.807, 2.05) is 6.07 Å². The summed E-state index contributed by atoms with van der Waals surface area (Å²) in [7, 11) is 0. The predicted molar refractivity (Wildman–Crippen MR) is 59.8 cm³/mol. The van der Waals surface area contributed by atoms with Crippen LogP contribution in [0, 0.1) is 0 Å². The van der Waals surface area contributed by atoms with E-state index in [4.69, 9.17) is 14.1 Å². The first kappa shape index (κ1) is 14.2. The van der Waals surface area contributed by atoms with E-state index in [0.717, 1.165) is 13.2 Å². The lowest BCUT2D eigenvalue weighted by molar-refractivity contribution is -0.134. The molecule has 1 aromatic carbocycles. The lowest BCUT2D eigenvalue weighted by Gasteiger charge is -2.00. The largest absolute Gasteiger partial charge is 0.481 e. The van der Waals surface area contributed by atoms with Crippen molar-refractivity contribution in [1.82, 2.24) is 0 Å². The van der Waals surface area contributed by atoms with Crippen molar-refractivity contribution in [1.29, 1.82) is 0 Å². The Balaban J connectivity index is 0.000000487. The van der Waals surface area contributed by atoms with Crippen LogP contribution in [0.25, 0.3) is 0 Å². The van der Waals surface area contributed by atoms with Gasteiger partial charge in [0.05, 0.1) is 0 Å². The molecular weight excluding hydrogens is 232 g/mol. The number of hydrogen-bond donors (Lipinski definition) is 1. The molecule has 0 heterocycles. The monoisotopic (exact) mass is 244 g/mol. The standard InChI is InChI=1S/C8H8O3S.C2H4O2/c1-2-10-12(9)11-8-6-4-3-5-7-8;1-2(3)4/h2-7H,1H2;1H3,(H,3,4). The zero-order valence-corrected chi connectivity index (χ0v) is 9.48. The molecule has 1 aromatic rings. The van der Waals surface area contributed by atoms with Gasteiger partial charge in [-0.1, -0.05) is 24.8 Å². The fourth-order valence-electron chi connectivity index (χ4n) is 0.630. The second-order valence-electron chi connectivity index (χ2n) is 2.38. The van der Waals surface area contributed by atoms with Crippen molar-refractivity contribution in [3.05, 3.63) is 43.2 Å². The Morgan fingerprint density at radius 1 is 1.44 bits per heavy atom. The summed E-state index contributed by atoms with van der Waals surface area (Å²) in [4.78, 5) is 9.00. The molecule has 0 aliphatic rings. The van der Waals surface area contributed by atoms with Crippen molar-refractivity contribution in [3.63, 3.8) is 0 Å². The quantitative estimate of drug-likeness (QED) is 0.819. The zero-order chi connectivity index (χ0) is 12.4. The van der Waals surface area contributed by atoms with Crippen LogP contribution in [0.3, 0.4) is 0 Å². The molecule has 5 nitrogen and oxygen atoms in total. The Morgan fingerprint density at radius 3 is 2.38 bits per heavy atom. The van der Waals surface area contributed by atoms with Gasteiger partial charge in [0.25, 0.3) is 5.97 Å². The van der Waals surface area contributed by atoms with Crippen LogP contribution in [0.1, 0.15) is 6.92 Å². The third-order valence-corrected chi connectivity index (χ3v) is 1.68. The number of carboxylic acids is 1. The molecule has 0 saturated heterocycles. The maximum absolute atomic E-state index is 10.8. The van der Waals surface area contributed by atoms with Crippen molar-refractivity contribution in [3.8, 4) is 5.75 Å². The first-order chi connectivity index (χ1) is 7.56. The molecule has 1 N–H and O–H groups in total. The van der Waals surface area contributed by atoms with Crippen LogP contribution in [0.2, 0.25) is 0 Å². The van der Waals surface area contributed by atoms with Crippen molar-refractivity contribution >= 4 is 17.3 Å². The number of carbonyl (C=O) groups is 1. The summed E-state index contributed by atoms with van der Waals surface area (Å²) < 4.78 is 20.1. The third-order valence-electron chi connectivity index (χ3n) is 1.05. The first-order valence-corrected chi connectivity index (χ1v) is 5.19. The highest BCUT2D eigenvalue weighted by Gasteiger charge is 1.99. The van der Waals surface area contributed by atoms with Gasteiger partial charge in [0, 0.05) is 6.92 Å². The SMILES string of the molecule is C=COS(=O)Oc1ccccc1.CC(=O)O. The predicted octanol–water partition coefficient (Wildman–Crippen LogP) is 1.90. The van der Waals surface area contributed by atoms with Gasteiger partial charge < -0.3 is 13.5 Å². The summed E-state index contributed by atoms with van der Waals surface area (Å²) in [5.41, 5.74) is 0. The third kappa shape index (κ3) is 8.76. The lowest BCUT2D eigenvalue weighted by Crippen LogP contribution is -2.00. The van der Waals surface area contributed by atoms with Crippen LogP contribution in [0.5, 0.6) is 5.75 Å². The number of aliphatic carboxylic acids is 1. The van der Waals surface area contributed by atoms with Gasteiger partial charge in [-0.05, 0) is 12.1 Å². The van der Waals surface area contributed by atoms with Gasteiger partial charge in [-0.15, -0.1) is 0 Å². The highest BCUT2D eigenvalue weighted by molar-refractivity contribution is 7.75. The minimum Gasteiger partial charge on any atom is -0.481 e. The van der Waals surface area contributed by atoms with Crippen LogP contribution in [0.4, 0.5) is 0 Å². The normalized spacial score (nSPS) is 10.3. The minimum atomic E-state index is -1.79. The summed E-state index contributed by atoms with van der Waals surface area (Å²) in [6, 6.07) is 8.76. The van der Waals surface area contributed by atoms with Gasteiger partial charge in [0.1, 0.15) is 12.0 Å². The van der Waals surface area contributed by atoms with E-state index in [0.29, 0.717) is 5.75 Å². The van der Waals surface area contributed by atoms with E-state index in [-0.39, 0.29) is 0 Å². The van der Waals surface area contributed by atoms with E-state index < -0.39 is 17.3 Å². The number of hydrogen-bond acceptors (Lipinski definition) is 4. The van der Waals surface area contributed by atoms with Crippen molar-refractivity contribution in [2.24, 2.45) is 0 Å². The van der Waals surface area contributed by atoms with Gasteiger partial charge in [-0.25, -0.2) is 0 Å². The van der Waals surface area contributed by atoms with Gasteiger partial charge in [0.15, 0.2) is 0 Å². The van der Waals surface area contributed by atoms with Gasteiger partial charge in [0.2, 0.25) is 0 Å². The number of benzene rings is 1. The Labute approximate surface area is 96.2 Å². The maximum atomic E-state index is 10.8. The molecule has 0 amide bonds. The molecule has 0 aliphatic heterocycles. The summed E-state index contributed by atoms with van der Waals surface area (Å²) in [6.07, 6.45) is 1.07. The fourth-order valence-corrected chi connectivity index (χ4v) is 1.05. The summed E-state index contributed by atoms with van der Waals surface area (Å²) in [5, 5.41) is 7.42. The zero-order valence-electron chi connectivity index (χ0n) is 8.66. The lowest BCUT2D eigenvalue weighted by atomic mass is 10.3. The average molecular weight is 244 g/mol. The molecule has 0 aliphatic carbocycles. The molecule has 1 rings (SSSR count). The molecule has 0 spiro atoms. The molecule has 0 fully saturated rings. The topological polar surface area (TPSA) is 72.8 Å². The second kappa shape index (κ2) is 8.49. The van der Waals surface area contributed by atoms with Crippen LogP contribution in [0.15, 0.2) is 43.2 Å². The molecular formula is C10H12O5S. The number of rotatable bonds is 4. The minimum absolute atomic E-state index is 0.498. The number of para-hydroxylation sites is 1. The van der Waals surface area contributed by atoms with Crippen LogP contribution in [-0.2, 0) is 20.3 Å². The van der Waals surface area contributed by atoms with Crippen molar-refractivity contribution in [2.45, 2.75) is 6.92 Å². The molecule has 16 heavy (non-hydrogen) atoms. The van der Waals surface area contributed by atoms with Crippen LogP contribution in [-0.4, -0.2) is 15.3 Å². The molecule has 0 saturated carbocycles. The highest BCUT2D eigenvalue weighted by atomic mass is 32.2. The summed E-state index contributed by atoms with van der Waals surface area (Å²) in [6.45, 7) is 4.33. The van der Waals surface area contributed by atoms with E-state index in [1.54, 1.807) is 24.3 Å². The molecule has 1 unspecified atom stereocenters. The number of carboxylic acid groups (broad SMARTS) is 1. The smallest absolute Gasteiger partial charge is 0.417 e. The van der Waals surface area contributed by atoms with Crippen LogP contribution < -0.4 is 4.18 Å². The van der Waals surface area contributed by atoms with Gasteiger partial charge >= 0.3 is 11.4 Å². The first-order valence-electron chi connectivity index (χ1n) is 4.19. The van der Waals surface area contributed by atoms with E-state index in [9.17, 15) is 4.21 Å². The Morgan fingerprint density at radius 2 is 1.94 bits per heavy atom. The van der Waals surface area contributed by atoms with Crippen molar-refractivity contribution in [2.75, 3.05) is 0 Å². The van der Waals surface area contributed by atoms with E-state index in [1.165, 1.54) is 0 Å². The van der Waals surface area contributed by atoms with Gasteiger partial charge in [-0.3, -0.25) is 4.79 Å². The fraction of sp³-hybridized carbons (Fsp3) is 0.100. The molecule has 1 atom stereocenters. The Bertz CT molecular complexity index is 345. The second-order valence-corrected chi connectivity index (χ2v) is 3.15. The van der Waals surface area contributed by atoms with Gasteiger partial charge in [-0.2, -0.15) is 4.21 Å². The Hall–Kier alpha value is -1.82. The molecule has 0 bridgehead atoms. The molecule has 0 radical (unpaired) electrons.